The number of aliphatic imine (C=N–C) groups is 2. The van der Waals surface area contributed by atoms with Crippen LogP contribution < -0.4 is 0 Å². The summed E-state index contributed by atoms with van der Waals surface area (Å²) in [6.07, 6.45) is 10.1. The van der Waals surface area contributed by atoms with E-state index in [1.54, 1.807) is 6.21 Å². The molecule has 0 aliphatic carbocycles. The third-order valence-electron chi connectivity index (χ3n) is 3.52. The van der Waals surface area contributed by atoms with Crippen LogP contribution in [-0.4, -0.2) is 51.8 Å². The minimum Gasteiger partial charge on any atom is -0.465 e. The van der Waals surface area contributed by atoms with Crippen molar-refractivity contribution < 1.29 is 9.90 Å². The molecular formula is C12H14N4O2. The molecule has 6 nitrogen and oxygen atoms in total. The summed E-state index contributed by atoms with van der Waals surface area (Å²) in [5, 5.41) is 8.94. The number of hydrogen-bond acceptors (Lipinski definition) is 4. The van der Waals surface area contributed by atoms with Crippen LogP contribution in [0.3, 0.4) is 0 Å². The van der Waals surface area contributed by atoms with Crippen LogP contribution in [0.4, 0.5) is 4.79 Å². The molecule has 1 spiro atoms. The van der Waals surface area contributed by atoms with Crippen molar-refractivity contribution in [1.29, 1.82) is 0 Å². The van der Waals surface area contributed by atoms with Crippen LogP contribution in [0.25, 0.3) is 0 Å². The number of carboxylic acid groups (broad SMARTS) is 1. The standard InChI is InChI=1S/C12H14N4O2/c17-11(18)16-8-3-12(4-9-16)2-7-15-6-1-5-13-10(15)14-12/h1-2,5-7H,3-4,8-9H2,(H,17,18). The zero-order chi connectivity index (χ0) is 12.6. The Hall–Kier alpha value is -2.11. The highest BCUT2D eigenvalue weighted by molar-refractivity contribution is 5.95. The SMILES string of the molecule is O=C(O)N1CCC2(C=CN3C=CC=NC3=N2)CC1. The molecule has 94 valence electrons. The Morgan fingerprint density at radius 2 is 2.11 bits per heavy atom. The van der Waals surface area contributed by atoms with Gasteiger partial charge in [0.05, 0.1) is 5.54 Å². The van der Waals surface area contributed by atoms with Gasteiger partial charge in [0.15, 0.2) is 0 Å². The van der Waals surface area contributed by atoms with Gasteiger partial charge in [-0.25, -0.2) is 14.8 Å². The fourth-order valence-electron chi connectivity index (χ4n) is 2.40. The second-order valence-corrected chi connectivity index (χ2v) is 4.63. The Bertz CT molecular complexity index is 484. The Balaban J connectivity index is 1.78. The summed E-state index contributed by atoms with van der Waals surface area (Å²) in [7, 11) is 0. The number of nitrogens with zero attached hydrogens (tertiary/aromatic N) is 4. The average Bonchev–Trinajstić information content (AvgIpc) is 2.39. The smallest absolute Gasteiger partial charge is 0.407 e. The first-order valence-electron chi connectivity index (χ1n) is 5.95. The monoisotopic (exact) mass is 246 g/mol. The lowest BCUT2D eigenvalue weighted by atomic mass is 9.87. The third kappa shape index (κ3) is 1.79. The molecule has 0 radical (unpaired) electrons. The molecule has 0 atom stereocenters. The normalized spacial score (nSPS) is 24.1. The van der Waals surface area contributed by atoms with E-state index in [9.17, 15) is 4.79 Å². The quantitative estimate of drug-likeness (QED) is 0.700. The van der Waals surface area contributed by atoms with Gasteiger partial charge in [0.1, 0.15) is 0 Å². The number of rotatable bonds is 0. The van der Waals surface area contributed by atoms with Gasteiger partial charge in [-0.1, -0.05) is 0 Å². The molecule has 1 fully saturated rings. The second kappa shape index (κ2) is 3.97. The lowest BCUT2D eigenvalue weighted by Crippen LogP contribution is -2.46. The van der Waals surface area contributed by atoms with E-state index in [4.69, 9.17) is 5.11 Å². The summed E-state index contributed by atoms with van der Waals surface area (Å²) >= 11 is 0. The number of hydrogen-bond donors (Lipinski definition) is 1. The first-order valence-corrected chi connectivity index (χ1v) is 5.95. The predicted molar refractivity (Wildman–Crippen MR) is 67.6 cm³/mol. The van der Waals surface area contributed by atoms with Gasteiger partial charge in [0.2, 0.25) is 5.96 Å². The van der Waals surface area contributed by atoms with Crippen LogP contribution in [0.15, 0.2) is 34.5 Å². The molecule has 18 heavy (non-hydrogen) atoms. The fraction of sp³-hybridized carbons (Fsp3) is 0.417. The molecule has 6 heteroatoms. The van der Waals surface area contributed by atoms with E-state index < -0.39 is 6.09 Å². The summed E-state index contributed by atoms with van der Waals surface area (Å²) in [5.74, 6) is 0.684. The van der Waals surface area contributed by atoms with Gasteiger partial charge in [-0.05, 0) is 25.0 Å². The maximum absolute atomic E-state index is 10.9. The Kier molecular flexibility index (Phi) is 2.43. The number of likely N-dealkylation sites (tertiary alicyclic amines) is 1. The van der Waals surface area contributed by atoms with E-state index in [2.05, 4.69) is 16.1 Å². The zero-order valence-electron chi connectivity index (χ0n) is 9.86. The molecule has 0 saturated carbocycles. The number of amides is 1. The summed E-state index contributed by atoms with van der Waals surface area (Å²) in [5.41, 5.74) is -0.277. The van der Waals surface area contributed by atoms with Crippen molar-refractivity contribution in [2.75, 3.05) is 13.1 Å². The van der Waals surface area contributed by atoms with Gasteiger partial charge in [0.25, 0.3) is 0 Å². The lowest BCUT2D eigenvalue weighted by Gasteiger charge is -2.39. The topological polar surface area (TPSA) is 68.5 Å². The first-order chi connectivity index (χ1) is 8.69. The molecule has 1 saturated heterocycles. The number of fused-ring (bicyclic) bond motifs is 1. The molecule has 0 aromatic heterocycles. The van der Waals surface area contributed by atoms with Crippen LogP contribution in [0.5, 0.6) is 0 Å². The Labute approximate surface area is 105 Å². The van der Waals surface area contributed by atoms with Gasteiger partial charge in [-0.15, -0.1) is 0 Å². The van der Waals surface area contributed by atoms with Crippen LogP contribution >= 0.6 is 0 Å². The number of allylic oxidation sites excluding steroid dienone is 1. The molecule has 3 aliphatic rings. The first kappa shape index (κ1) is 11.0. The predicted octanol–water partition coefficient (Wildman–Crippen LogP) is 1.28. The van der Waals surface area contributed by atoms with E-state index >= 15 is 0 Å². The van der Waals surface area contributed by atoms with Gasteiger partial charge in [-0.3, -0.25) is 4.90 Å². The van der Waals surface area contributed by atoms with E-state index in [0.29, 0.717) is 31.9 Å². The van der Waals surface area contributed by atoms with Crippen molar-refractivity contribution in [3.05, 3.63) is 24.6 Å². The van der Waals surface area contributed by atoms with Gasteiger partial charge in [-0.2, -0.15) is 0 Å². The fourth-order valence-corrected chi connectivity index (χ4v) is 2.40. The number of piperidine rings is 1. The molecule has 3 heterocycles. The third-order valence-corrected chi connectivity index (χ3v) is 3.52. The highest BCUT2D eigenvalue weighted by Gasteiger charge is 2.36. The summed E-state index contributed by atoms with van der Waals surface area (Å²) in [6, 6.07) is 0. The molecular weight excluding hydrogens is 232 g/mol. The van der Waals surface area contributed by atoms with Crippen LogP contribution in [0.1, 0.15) is 12.8 Å². The van der Waals surface area contributed by atoms with E-state index in [1.807, 2.05) is 23.4 Å². The van der Waals surface area contributed by atoms with Gasteiger partial charge < -0.3 is 10.0 Å². The van der Waals surface area contributed by atoms with Crippen molar-refractivity contribution in [2.24, 2.45) is 9.98 Å². The highest BCUT2D eigenvalue weighted by atomic mass is 16.4. The van der Waals surface area contributed by atoms with Crippen molar-refractivity contribution >= 4 is 18.3 Å². The summed E-state index contributed by atoms with van der Waals surface area (Å²) in [6.45, 7) is 1.05. The molecule has 1 amide bonds. The molecule has 0 bridgehead atoms. The van der Waals surface area contributed by atoms with Crippen molar-refractivity contribution in [2.45, 2.75) is 18.4 Å². The molecule has 3 rings (SSSR count). The van der Waals surface area contributed by atoms with E-state index in [-0.39, 0.29) is 5.54 Å². The largest absolute Gasteiger partial charge is 0.465 e. The van der Waals surface area contributed by atoms with Crippen LogP contribution in [0.2, 0.25) is 0 Å². The Morgan fingerprint density at radius 3 is 2.83 bits per heavy atom. The maximum Gasteiger partial charge on any atom is 0.407 e. The van der Waals surface area contributed by atoms with E-state index in [1.165, 1.54) is 4.90 Å². The highest BCUT2D eigenvalue weighted by Crippen LogP contribution is 2.31. The van der Waals surface area contributed by atoms with Gasteiger partial charge >= 0.3 is 6.09 Å². The minimum absolute atomic E-state index is 0.277. The lowest BCUT2D eigenvalue weighted by molar-refractivity contribution is 0.125. The van der Waals surface area contributed by atoms with Gasteiger partial charge in [0, 0.05) is 31.7 Å². The summed E-state index contributed by atoms with van der Waals surface area (Å²) in [4.78, 5) is 23.1. The molecule has 1 N–H and O–H groups in total. The summed E-state index contributed by atoms with van der Waals surface area (Å²) < 4.78 is 0. The zero-order valence-corrected chi connectivity index (χ0v) is 9.86. The maximum atomic E-state index is 10.9. The van der Waals surface area contributed by atoms with Crippen molar-refractivity contribution in [1.82, 2.24) is 9.80 Å². The number of guanidine groups is 1. The minimum atomic E-state index is -0.850. The average molecular weight is 246 g/mol. The Morgan fingerprint density at radius 1 is 1.33 bits per heavy atom. The van der Waals surface area contributed by atoms with Crippen LogP contribution in [0, 0.1) is 0 Å². The van der Waals surface area contributed by atoms with Crippen molar-refractivity contribution in [3.63, 3.8) is 0 Å². The van der Waals surface area contributed by atoms with E-state index in [0.717, 1.165) is 0 Å². The molecule has 3 aliphatic heterocycles. The number of carbonyl (C=O) groups is 1. The second-order valence-electron chi connectivity index (χ2n) is 4.63. The molecule has 0 unspecified atom stereocenters. The molecule has 0 aromatic carbocycles. The van der Waals surface area contributed by atoms with Crippen molar-refractivity contribution in [3.8, 4) is 0 Å². The van der Waals surface area contributed by atoms with Crippen LogP contribution in [-0.2, 0) is 0 Å². The molecule has 0 aromatic rings.